The van der Waals surface area contributed by atoms with Gasteiger partial charge in [0.1, 0.15) is 0 Å². The smallest absolute Gasteiger partial charge is 0.249 e. The minimum absolute atomic E-state index is 0.221. The van der Waals surface area contributed by atoms with Gasteiger partial charge in [-0.2, -0.15) is 5.10 Å². The minimum Gasteiger partial charge on any atom is -0.339 e. The predicted octanol–water partition coefficient (Wildman–Crippen LogP) is 2.99. The summed E-state index contributed by atoms with van der Waals surface area (Å²) in [5, 5.41) is 4.59. The molecule has 3 rings (SSSR count). The van der Waals surface area contributed by atoms with Gasteiger partial charge in [-0.25, -0.2) is 0 Å². The van der Waals surface area contributed by atoms with Gasteiger partial charge in [0.25, 0.3) is 0 Å². The molecule has 3 heterocycles. The van der Waals surface area contributed by atoms with Crippen LogP contribution in [0, 0.1) is 12.8 Å². The summed E-state index contributed by atoms with van der Waals surface area (Å²) in [7, 11) is 0. The molecule has 1 aromatic heterocycles. The van der Waals surface area contributed by atoms with Gasteiger partial charge in [0.2, 0.25) is 5.91 Å². The highest BCUT2D eigenvalue weighted by molar-refractivity contribution is 5.92. The van der Waals surface area contributed by atoms with Gasteiger partial charge in [-0.15, -0.1) is 0 Å². The third-order valence-electron chi connectivity index (χ3n) is 5.99. The Kier molecular flexibility index (Phi) is 5.62. The van der Waals surface area contributed by atoms with E-state index in [2.05, 4.69) is 34.9 Å². The Morgan fingerprint density at radius 2 is 2.16 bits per heavy atom. The van der Waals surface area contributed by atoms with Crippen LogP contribution in [0.4, 0.5) is 0 Å². The maximum Gasteiger partial charge on any atom is 0.249 e. The number of rotatable bonds is 4. The number of piperidine rings is 2. The van der Waals surface area contributed by atoms with Crippen LogP contribution in [0.3, 0.4) is 0 Å². The summed E-state index contributed by atoms with van der Waals surface area (Å²) in [4.78, 5) is 17.2. The van der Waals surface area contributed by atoms with E-state index in [1.807, 2.05) is 24.6 Å². The van der Waals surface area contributed by atoms with Crippen molar-refractivity contribution in [2.75, 3.05) is 19.6 Å². The number of hydrogen-bond acceptors (Lipinski definition) is 3. The van der Waals surface area contributed by atoms with E-state index in [1.54, 1.807) is 0 Å². The zero-order valence-corrected chi connectivity index (χ0v) is 16.2. The van der Waals surface area contributed by atoms with E-state index in [-0.39, 0.29) is 5.91 Å². The lowest BCUT2D eigenvalue weighted by molar-refractivity contribution is -0.130. The van der Waals surface area contributed by atoms with Crippen LogP contribution in [0.5, 0.6) is 0 Å². The average molecular weight is 345 g/mol. The van der Waals surface area contributed by atoms with Crippen LogP contribution in [0.15, 0.2) is 17.8 Å². The molecular weight excluding hydrogens is 312 g/mol. The molecule has 138 valence electrons. The van der Waals surface area contributed by atoms with Gasteiger partial charge in [0.05, 0.1) is 5.69 Å². The standard InChI is InChI=1S/C20H32N4O/c1-5-15(3)20(25)23-11-9-19-17(12-23)8-7-10-22(19)13-18-14-24(6-2)21-16(18)4/h5,14,17,19H,6-13H2,1-4H3/t17-,19-/m1/s1. The summed E-state index contributed by atoms with van der Waals surface area (Å²) in [6.45, 7) is 13.0. The quantitative estimate of drug-likeness (QED) is 0.789. The number of aryl methyl sites for hydroxylation is 2. The molecule has 1 amide bonds. The highest BCUT2D eigenvalue weighted by Gasteiger charge is 2.37. The summed E-state index contributed by atoms with van der Waals surface area (Å²) in [5.74, 6) is 0.829. The summed E-state index contributed by atoms with van der Waals surface area (Å²) in [6, 6.07) is 0.605. The van der Waals surface area contributed by atoms with Gasteiger partial charge >= 0.3 is 0 Å². The largest absolute Gasteiger partial charge is 0.339 e. The van der Waals surface area contributed by atoms with Crippen LogP contribution >= 0.6 is 0 Å². The van der Waals surface area contributed by atoms with Gasteiger partial charge < -0.3 is 4.90 Å². The molecule has 0 bridgehead atoms. The number of likely N-dealkylation sites (tertiary alicyclic amines) is 2. The monoisotopic (exact) mass is 344 g/mol. The topological polar surface area (TPSA) is 41.4 Å². The Bertz CT molecular complexity index is 648. The minimum atomic E-state index is 0.221. The second kappa shape index (κ2) is 7.73. The fourth-order valence-corrected chi connectivity index (χ4v) is 4.36. The number of allylic oxidation sites excluding steroid dienone is 1. The third kappa shape index (κ3) is 3.81. The summed E-state index contributed by atoms with van der Waals surface area (Å²) in [6.07, 6.45) is 7.69. The molecule has 2 aliphatic heterocycles. The lowest BCUT2D eigenvalue weighted by Gasteiger charge is -2.47. The number of hydrogen-bond donors (Lipinski definition) is 0. The maximum absolute atomic E-state index is 12.5. The van der Waals surface area contributed by atoms with Gasteiger partial charge in [0, 0.05) is 49.6 Å². The summed E-state index contributed by atoms with van der Waals surface area (Å²) in [5.41, 5.74) is 3.37. The lowest BCUT2D eigenvalue weighted by Crippen LogP contribution is -2.54. The van der Waals surface area contributed by atoms with E-state index in [4.69, 9.17) is 0 Å². The second-order valence-electron chi connectivity index (χ2n) is 7.55. The molecule has 2 fully saturated rings. The van der Waals surface area contributed by atoms with Crippen molar-refractivity contribution in [2.45, 2.75) is 66.1 Å². The van der Waals surface area contributed by atoms with Crippen LogP contribution < -0.4 is 0 Å². The molecule has 0 unspecified atom stereocenters. The van der Waals surface area contributed by atoms with E-state index in [0.717, 1.165) is 43.9 Å². The Labute approximate surface area is 151 Å². The first-order valence-corrected chi connectivity index (χ1v) is 9.72. The molecule has 2 aliphatic rings. The normalized spacial score (nSPS) is 25.1. The van der Waals surface area contributed by atoms with Crippen LogP contribution in [0.1, 0.15) is 51.3 Å². The number of aromatic nitrogens is 2. The molecule has 0 spiro atoms. The van der Waals surface area contributed by atoms with Crippen molar-refractivity contribution in [2.24, 2.45) is 5.92 Å². The first-order chi connectivity index (χ1) is 12.0. The zero-order valence-electron chi connectivity index (χ0n) is 16.2. The van der Waals surface area contributed by atoms with Crippen molar-refractivity contribution in [1.29, 1.82) is 0 Å². The Hall–Kier alpha value is -1.62. The van der Waals surface area contributed by atoms with Crippen molar-refractivity contribution < 1.29 is 4.79 Å². The van der Waals surface area contributed by atoms with Crippen LogP contribution in [0.2, 0.25) is 0 Å². The average Bonchev–Trinajstić information content (AvgIpc) is 3.00. The molecular formula is C20H32N4O. The summed E-state index contributed by atoms with van der Waals surface area (Å²) < 4.78 is 2.03. The van der Waals surface area contributed by atoms with Crippen LogP contribution in [-0.2, 0) is 17.9 Å². The van der Waals surface area contributed by atoms with Gasteiger partial charge in [-0.3, -0.25) is 14.4 Å². The van der Waals surface area contributed by atoms with Crippen LogP contribution in [-0.4, -0.2) is 51.2 Å². The van der Waals surface area contributed by atoms with E-state index < -0.39 is 0 Å². The van der Waals surface area contributed by atoms with Crippen molar-refractivity contribution >= 4 is 5.91 Å². The molecule has 0 aromatic carbocycles. The Balaban J connectivity index is 1.67. The van der Waals surface area contributed by atoms with E-state index in [0.29, 0.717) is 12.0 Å². The predicted molar refractivity (Wildman–Crippen MR) is 100 cm³/mol. The SMILES string of the molecule is CC=C(C)C(=O)N1CC[C@@H]2[C@H](CCCN2Cc2cn(CC)nc2C)C1. The van der Waals surface area contributed by atoms with Gasteiger partial charge in [0.15, 0.2) is 0 Å². The number of carbonyl (C=O) groups is 1. The fraction of sp³-hybridized carbons (Fsp3) is 0.700. The third-order valence-corrected chi connectivity index (χ3v) is 5.99. The number of fused-ring (bicyclic) bond motifs is 1. The highest BCUT2D eigenvalue weighted by atomic mass is 16.2. The molecule has 0 saturated carbocycles. The second-order valence-corrected chi connectivity index (χ2v) is 7.55. The highest BCUT2D eigenvalue weighted by Crippen LogP contribution is 2.32. The van der Waals surface area contributed by atoms with Crippen molar-refractivity contribution in [3.63, 3.8) is 0 Å². The molecule has 25 heavy (non-hydrogen) atoms. The fourth-order valence-electron chi connectivity index (χ4n) is 4.36. The molecule has 2 atom stereocenters. The van der Waals surface area contributed by atoms with E-state index in [9.17, 15) is 4.79 Å². The summed E-state index contributed by atoms with van der Waals surface area (Å²) >= 11 is 0. The zero-order chi connectivity index (χ0) is 18.0. The molecule has 5 nitrogen and oxygen atoms in total. The van der Waals surface area contributed by atoms with Crippen LogP contribution in [0.25, 0.3) is 0 Å². The number of carbonyl (C=O) groups excluding carboxylic acids is 1. The lowest BCUT2D eigenvalue weighted by atomic mass is 9.83. The Morgan fingerprint density at radius 3 is 2.84 bits per heavy atom. The van der Waals surface area contributed by atoms with E-state index in [1.165, 1.54) is 24.9 Å². The van der Waals surface area contributed by atoms with E-state index >= 15 is 0 Å². The molecule has 2 saturated heterocycles. The van der Waals surface area contributed by atoms with Gasteiger partial charge in [-0.1, -0.05) is 6.08 Å². The molecule has 0 aliphatic carbocycles. The number of nitrogens with zero attached hydrogens (tertiary/aromatic N) is 4. The first-order valence-electron chi connectivity index (χ1n) is 9.72. The Morgan fingerprint density at radius 1 is 1.36 bits per heavy atom. The first kappa shape index (κ1) is 18.2. The van der Waals surface area contributed by atoms with Gasteiger partial charge in [-0.05, 0) is 59.4 Å². The molecule has 5 heteroatoms. The molecule has 0 N–H and O–H groups in total. The molecule has 1 aromatic rings. The van der Waals surface area contributed by atoms with Crippen molar-refractivity contribution in [1.82, 2.24) is 19.6 Å². The number of amides is 1. The maximum atomic E-state index is 12.5. The van der Waals surface area contributed by atoms with Crippen molar-refractivity contribution in [3.05, 3.63) is 29.1 Å². The molecule has 0 radical (unpaired) electrons. The van der Waals surface area contributed by atoms with Crippen molar-refractivity contribution in [3.8, 4) is 0 Å².